The summed E-state index contributed by atoms with van der Waals surface area (Å²) in [6.07, 6.45) is -0.574. The van der Waals surface area contributed by atoms with Gasteiger partial charge in [-0.3, -0.25) is 4.79 Å². The Morgan fingerprint density at radius 1 is 1.29 bits per heavy atom. The fourth-order valence-electron chi connectivity index (χ4n) is 2.16. The Morgan fingerprint density at radius 2 is 1.95 bits per heavy atom. The lowest BCUT2D eigenvalue weighted by Crippen LogP contribution is -2.53. The monoisotopic (exact) mass is 291 g/mol. The molecule has 1 aromatic carbocycles. The van der Waals surface area contributed by atoms with Crippen molar-refractivity contribution in [3.63, 3.8) is 0 Å². The van der Waals surface area contributed by atoms with E-state index in [4.69, 9.17) is 4.74 Å². The molecular weight excluding hydrogens is 270 g/mol. The molecule has 114 valence electrons. The minimum atomic E-state index is -0.577. The van der Waals surface area contributed by atoms with Crippen LogP contribution in [0.1, 0.15) is 12.5 Å². The van der Waals surface area contributed by atoms with Gasteiger partial charge in [0.15, 0.2) is 0 Å². The van der Waals surface area contributed by atoms with Gasteiger partial charge in [-0.25, -0.2) is 4.79 Å². The fourth-order valence-corrected chi connectivity index (χ4v) is 2.16. The van der Waals surface area contributed by atoms with Crippen LogP contribution in [0.25, 0.3) is 0 Å². The highest BCUT2D eigenvalue weighted by atomic mass is 16.5. The summed E-state index contributed by atoms with van der Waals surface area (Å²) in [5, 5.41) is 5.76. The van der Waals surface area contributed by atoms with Crippen molar-refractivity contribution in [2.24, 2.45) is 0 Å². The number of ether oxygens (including phenoxy) is 1. The number of nitrogens with one attached hydrogen (secondary N) is 2. The van der Waals surface area contributed by atoms with Gasteiger partial charge >= 0.3 is 6.09 Å². The van der Waals surface area contributed by atoms with Crippen molar-refractivity contribution in [3.8, 4) is 0 Å². The van der Waals surface area contributed by atoms with Crippen molar-refractivity contribution in [2.75, 3.05) is 26.2 Å². The number of amides is 2. The number of alkyl carbamates (subject to hydrolysis) is 1. The van der Waals surface area contributed by atoms with Gasteiger partial charge in [-0.1, -0.05) is 30.3 Å². The first-order valence-electron chi connectivity index (χ1n) is 7.13. The number of carbonyl (C=O) groups is 2. The van der Waals surface area contributed by atoms with Gasteiger partial charge in [0.1, 0.15) is 12.6 Å². The van der Waals surface area contributed by atoms with Crippen LogP contribution in [0.15, 0.2) is 30.3 Å². The largest absolute Gasteiger partial charge is 0.445 e. The quantitative estimate of drug-likeness (QED) is 0.858. The first-order chi connectivity index (χ1) is 10.2. The predicted molar refractivity (Wildman–Crippen MR) is 78.7 cm³/mol. The molecule has 2 N–H and O–H groups in total. The molecular formula is C15H21N3O3. The van der Waals surface area contributed by atoms with Crippen LogP contribution in [0.4, 0.5) is 4.79 Å². The van der Waals surface area contributed by atoms with E-state index in [1.807, 2.05) is 30.3 Å². The van der Waals surface area contributed by atoms with Gasteiger partial charge in [0, 0.05) is 26.2 Å². The second kappa shape index (κ2) is 7.64. The number of carbonyl (C=O) groups excluding carboxylic acids is 2. The lowest BCUT2D eigenvalue weighted by atomic mass is 10.2. The number of benzene rings is 1. The molecule has 6 nitrogen and oxygen atoms in total. The normalized spacial score (nSPS) is 16.1. The molecule has 0 saturated carbocycles. The zero-order valence-electron chi connectivity index (χ0n) is 12.2. The molecule has 1 fully saturated rings. The summed E-state index contributed by atoms with van der Waals surface area (Å²) in [5.41, 5.74) is 0.911. The molecule has 1 aliphatic rings. The minimum absolute atomic E-state index is 0.0758. The number of hydrogen-bond donors (Lipinski definition) is 2. The molecule has 0 spiro atoms. The molecule has 0 aromatic heterocycles. The number of nitrogens with zero attached hydrogens (tertiary/aromatic N) is 1. The topological polar surface area (TPSA) is 70.7 Å². The first-order valence-corrected chi connectivity index (χ1v) is 7.13. The number of rotatable bonds is 4. The third-order valence-corrected chi connectivity index (χ3v) is 3.35. The van der Waals surface area contributed by atoms with E-state index in [9.17, 15) is 9.59 Å². The molecule has 1 aliphatic heterocycles. The molecule has 1 saturated heterocycles. The SMILES string of the molecule is C[C@@H](NC(=O)OCc1ccccc1)C(=O)N1CCNCC1. The highest BCUT2D eigenvalue weighted by molar-refractivity contribution is 5.85. The van der Waals surface area contributed by atoms with Crippen LogP contribution in [0.2, 0.25) is 0 Å². The first kappa shape index (κ1) is 15.3. The van der Waals surface area contributed by atoms with E-state index in [1.54, 1.807) is 11.8 Å². The van der Waals surface area contributed by atoms with E-state index in [-0.39, 0.29) is 12.5 Å². The highest BCUT2D eigenvalue weighted by Gasteiger charge is 2.23. The van der Waals surface area contributed by atoms with Gasteiger partial charge in [-0.05, 0) is 12.5 Å². The fraction of sp³-hybridized carbons (Fsp3) is 0.467. The van der Waals surface area contributed by atoms with E-state index in [2.05, 4.69) is 10.6 Å². The van der Waals surface area contributed by atoms with Crippen molar-refractivity contribution in [2.45, 2.75) is 19.6 Å². The number of piperazine rings is 1. The second-order valence-electron chi connectivity index (χ2n) is 5.00. The van der Waals surface area contributed by atoms with E-state index in [0.29, 0.717) is 13.1 Å². The van der Waals surface area contributed by atoms with E-state index >= 15 is 0 Å². The van der Waals surface area contributed by atoms with Gasteiger partial charge in [0.05, 0.1) is 0 Å². The Labute approximate surface area is 124 Å². The van der Waals surface area contributed by atoms with E-state index in [1.165, 1.54) is 0 Å². The maximum Gasteiger partial charge on any atom is 0.408 e. The zero-order valence-corrected chi connectivity index (χ0v) is 12.2. The van der Waals surface area contributed by atoms with Crippen LogP contribution in [-0.4, -0.2) is 49.1 Å². The van der Waals surface area contributed by atoms with Crippen molar-refractivity contribution in [3.05, 3.63) is 35.9 Å². The van der Waals surface area contributed by atoms with Crippen LogP contribution in [0.5, 0.6) is 0 Å². The smallest absolute Gasteiger partial charge is 0.408 e. The molecule has 0 aliphatic carbocycles. The second-order valence-corrected chi connectivity index (χ2v) is 5.00. The van der Waals surface area contributed by atoms with Crippen LogP contribution in [0.3, 0.4) is 0 Å². The van der Waals surface area contributed by atoms with Crippen LogP contribution in [-0.2, 0) is 16.1 Å². The third kappa shape index (κ3) is 4.75. The third-order valence-electron chi connectivity index (χ3n) is 3.35. The standard InChI is InChI=1S/C15H21N3O3/c1-12(14(19)18-9-7-16-8-10-18)17-15(20)21-11-13-5-3-2-4-6-13/h2-6,12,16H,7-11H2,1H3,(H,17,20)/t12-/m1/s1. The summed E-state index contributed by atoms with van der Waals surface area (Å²) in [7, 11) is 0. The van der Waals surface area contributed by atoms with Crippen LogP contribution >= 0.6 is 0 Å². The molecule has 21 heavy (non-hydrogen) atoms. The van der Waals surface area contributed by atoms with Crippen molar-refractivity contribution >= 4 is 12.0 Å². The van der Waals surface area contributed by atoms with Gasteiger partial charge < -0.3 is 20.3 Å². The van der Waals surface area contributed by atoms with Gasteiger partial charge in [-0.15, -0.1) is 0 Å². The van der Waals surface area contributed by atoms with Crippen molar-refractivity contribution in [1.82, 2.24) is 15.5 Å². The highest BCUT2D eigenvalue weighted by Crippen LogP contribution is 2.02. The Morgan fingerprint density at radius 3 is 2.62 bits per heavy atom. The van der Waals surface area contributed by atoms with Crippen molar-refractivity contribution in [1.29, 1.82) is 0 Å². The molecule has 2 rings (SSSR count). The summed E-state index contributed by atoms with van der Waals surface area (Å²) >= 11 is 0. The molecule has 1 heterocycles. The summed E-state index contributed by atoms with van der Waals surface area (Å²) in [6.45, 7) is 4.79. The summed E-state index contributed by atoms with van der Waals surface area (Å²) < 4.78 is 5.10. The van der Waals surface area contributed by atoms with Crippen LogP contribution in [0, 0.1) is 0 Å². The molecule has 0 bridgehead atoms. The zero-order chi connectivity index (χ0) is 15.1. The number of hydrogen-bond acceptors (Lipinski definition) is 4. The summed E-state index contributed by atoms with van der Waals surface area (Å²) in [5.74, 6) is -0.0758. The Balaban J connectivity index is 1.74. The Hall–Kier alpha value is -2.08. The predicted octanol–water partition coefficient (Wildman–Crippen LogP) is 0.733. The van der Waals surface area contributed by atoms with Crippen molar-refractivity contribution < 1.29 is 14.3 Å². The van der Waals surface area contributed by atoms with Crippen LogP contribution < -0.4 is 10.6 Å². The van der Waals surface area contributed by atoms with Gasteiger partial charge in [-0.2, -0.15) is 0 Å². The lowest BCUT2D eigenvalue weighted by molar-refractivity contribution is -0.133. The summed E-state index contributed by atoms with van der Waals surface area (Å²) in [4.78, 5) is 25.6. The molecule has 1 aromatic rings. The Kier molecular flexibility index (Phi) is 5.57. The minimum Gasteiger partial charge on any atom is -0.445 e. The van der Waals surface area contributed by atoms with E-state index in [0.717, 1.165) is 18.7 Å². The molecule has 0 radical (unpaired) electrons. The Bertz CT molecular complexity index is 472. The molecule has 6 heteroatoms. The molecule has 0 unspecified atom stereocenters. The van der Waals surface area contributed by atoms with E-state index < -0.39 is 12.1 Å². The summed E-state index contributed by atoms with van der Waals surface area (Å²) in [6, 6.07) is 8.84. The maximum absolute atomic E-state index is 12.1. The molecule has 1 atom stereocenters. The lowest BCUT2D eigenvalue weighted by Gasteiger charge is -2.29. The average molecular weight is 291 g/mol. The maximum atomic E-state index is 12.1. The average Bonchev–Trinajstić information content (AvgIpc) is 2.54. The molecule has 2 amide bonds. The van der Waals surface area contributed by atoms with Gasteiger partial charge in [0.2, 0.25) is 5.91 Å². The van der Waals surface area contributed by atoms with Gasteiger partial charge in [0.25, 0.3) is 0 Å².